The molecule has 59 heavy (non-hydrogen) atoms. The second-order valence-electron chi connectivity index (χ2n) is 14.6. The standard InChI is InChI=1S/C51H41N5O3/c57-46(58)19-11-4-12-32-52-51(59)37-22-20-36(21-23-37)50-44-30-28-42(55-44)48(34-15-7-2-8-16-34)40-26-24-38(53-40)47(33-13-5-1-6-14-33)39-25-27-41(54-39)49(35-17-9-3-10-18-35)43-29-31-45(50)56-43/h1-3,5-10,13-18,20-31,53,56H,4,11-12,19,32H2,(H,52,59)(H,57,58). The summed E-state index contributed by atoms with van der Waals surface area (Å²) in [5.74, 6) is -0.968. The number of aromatic nitrogens is 4. The number of nitrogens with zero attached hydrogens (tertiary/aromatic N) is 2. The van der Waals surface area contributed by atoms with Crippen LogP contribution in [0.25, 0.3) is 90.9 Å². The number of fused-ring (bicyclic) bond motifs is 8. The molecule has 5 heterocycles. The van der Waals surface area contributed by atoms with Crippen LogP contribution in [0.2, 0.25) is 0 Å². The van der Waals surface area contributed by atoms with Gasteiger partial charge in [-0.1, -0.05) is 110 Å². The number of carboxylic acid groups (broad SMARTS) is 1. The number of H-pyrrole nitrogens is 2. The molecule has 8 nitrogen and oxygen atoms in total. The van der Waals surface area contributed by atoms with Crippen molar-refractivity contribution in [2.24, 2.45) is 0 Å². The fourth-order valence-corrected chi connectivity index (χ4v) is 7.90. The van der Waals surface area contributed by atoms with Gasteiger partial charge in [0.1, 0.15) is 0 Å². The van der Waals surface area contributed by atoms with E-state index >= 15 is 0 Å². The molecule has 0 saturated carbocycles. The summed E-state index contributed by atoms with van der Waals surface area (Å²) in [5.41, 5.74) is 15.4. The first-order valence-corrected chi connectivity index (χ1v) is 19.9. The highest BCUT2D eigenvalue weighted by Crippen LogP contribution is 2.38. The smallest absolute Gasteiger partial charge is 0.303 e. The van der Waals surface area contributed by atoms with Crippen LogP contribution in [-0.2, 0) is 4.79 Å². The van der Waals surface area contributed by atoms with E-state index in [4.69, 9.17) is 15.1 Å². The quantitative estimate of drug-likeness (QED) is 0.0975. The lowest BCUT2D eigenvalue weighted by atomic mass is 10.0. The van der Waals surface area contributed by atoms with Crippen molar-refractivity contribution in [2.45, 2.75) is 25.7 Å². The fraction of sp³-hybridized carbons (Fsp3) is 0.0980. The van der Waals surface area contributed by atoms with Crippen LogP contribution in [0.4, 0.5) is 0 Å². The molecule has 0 atom stereocenters. The SMILES string of the molecule is O=C(O)CCCCCNC(=O)c1ccc(-c2c3nc(c(-c4ccccc4)c4ccc([nH]4)c(-c4ccccc4)c4nc(c(-c5ccccc5)c5ccc2[nH]5)C=C4)C=C3)cc1. The molecule has 0 saturated heterocycles. The zero-order valence-corrected chi connectivity index (χ0v) is 32.3. The van der Waals surface area contributed by atoms with E-state index < -0.39 is 5.97 Å². The third kappa shape index (κ3) is 7.76. The van der Waals surface area contributed by atoms with Gasteiger partial charge in [-0.05, 0) is 95.8 Å². The van der Waals surface area contributed by atoms with Crippen molar-refractivity contribution < 1.29 is 14.7 Å². The van der Waals surface area contributed by atoms with Gasteiger partial charge in [-0.2, -0.15) is 0 Å². The average molecular weight is 772 g/mol. The first-order chi connectivity index (χ1) is 29.0. The highest BCUT2D eigenvalue weighted by Gasteiger charge is 2.19. The number of hydrogen-bond donors (Lipinski definition) is 4. The monoisotopic (exact) mass is 771 g/mol. The Morgan fingerprint density at radius 2 is 0.831 bits per heavy atom. The second kappa shape index (κ2) is 16.5. The molecule has 2 aliphatic rings. The Morgan fingerprint density at radius 1 is 0.458 bits per heavy atom. The molecular weight excluding hydrogens is 731 g/mol. The number of aliphatic carboxylic acids is 1. The lowest BCUT2D eigenvalue weighted by Crippen LogP contribution is -2.24. The average Bonchev–Trinajstić information content (AvgIpc) is 4.12. The van der Waals surface area contributed by atoms with E-state index in [-0.39, 0.29) is 12.3 Å². The normalized spacial score (nSPS) is 11.8. The zero-order chi connectivity index (χ0) is 40.1. The summed E-state index contributed by atoms with van der Waals surface area (Å²) in [4.78, 5) is 42.3. The summed E-state index contributed by atoms with van der Waals surface area (Å²) in [6, 6.07) is 47.1. The molecule has 4 N–H and O–H groups in total. The predicted octanol–water partition coefficient (Wildman–Crippen LogP) is 11.7. The molecule has 0 spiro atoms. The molecule has 0 unspecified atom stereocenters. The highest BCUT2D eigenvalue weighted by molar-refractivity contribution is 6.00. The van der Waals surface area contributed by atoms with E-state index in [0.29, 0.717) is 18.5 Å². The Morgan fingerprint density at radius 3 is 1.20 bits per heavy atom. The molecule has 1 amide bonds. The van der Waals surface area contributed by atoms with Crippen LogP contribution in [0, 0.1) is 0 Å². The van der Waals surface area contributed by atoms with Gasteiger partial charge in [0.25, 0.3) is 5.91 Å². The van der Waals surface area contributed by atoms with Crippen molar-refractivity contribution in [1.82, 2.24) is 25.3 Å². The molecule has 8 bridgehead atoms. The zero-order valence-electron chi connectivity index (χ0n) is 32.3. The molecule has 9 rings (SSSR count). The topological polar surface area (TPSA) is 124 Å². The Labute approximate surface area is 341 Å². The Kier molecular flexibility index (Phi) is 10.3. The molecule has 3 aromatic heterocycles. The minimum absolute atomic E-state index is 0.139. The number of hydrogen-bond acceptors (Lipinski definition) is 4. The van der Waals surface area contributed by atoms with Crippen molar-refractivity contribution >= 4 is 58.2 Å². The van der Waals surface area contributed by atoms with Crippen LogP contribution in [0.1, 0.15) is 58.8 Å². The number of rotatable bonds is 11. The predicted molar refractivity (Wildman–Crippen MR) is 239 cm³/mol. The summed E-state index contributed by atoms with van der Waals surface area (Å²) in [6.07, 6.45) is 10.5. The number of amides is 1. The maximum Gasteiger partial charge on any atom is 0.303 e. The number of benzene rings is 4. The van der Waals surface area contributed by atoms with Gasteiger partial charge in [-0.15, -0.1) is 0 Å². The first-order valence-electron chi connectivity index (χ1n) is 19.9. The van der Waals surface area contributed by atoms with Gasteiger partial charge in [-0.3, -0.25) is 9.59 Å². The summed E-state index contributed by atoms with van der Waals surface area (Å²) < 4.78 is 0. The van der Waals surface area contributed by atoms with Gasteiger partial charge >= 0.3 is 5.97 Å². The van der Waals surface area contributed by atoms with Crippen LogP contribution in [0.3, 0.4) is 0 Å². The largest absolute Gasteiger partial charge is 0.481 e. The van der Waals surface area contributed by atoms with E-state index in [9.17, 15) is 9.59 Å². The molecule has 288 valence electrons. The van der Waals surface area contributed by atoms with Crippen LogP contribution in [0.15, 0.2) is 140 Å². The lowest BCUT2D eigenvalue weighted by molar-refractivity contribution is -0.137. The number of nitrogens with one attached hydrogen (secondary N) is 3. The minimum Gasteiger partial charge on any atom is -0.481 e. The van der Waals surface area contributed by atoms with E-state index in [1.165, 1.54) is 0 Å². The van der Waals surface area contributed by atoms with Gasteiger partial charge in [0.2, 0.25) is 0 Å². The third-order valence-corrected chi connectivity index (χ3v) is 10.7. The minimum atomic E-state index is -0.799. The van der Waals surface area contributed by atoms with Gasteiger partial charge in [0.05, 0.1) is 22.8 Å². The second-order valence-corrected chi connectivity index (χ2v) is 14.6. The Bertz CT molecular complexity index is 2870. The number of unbranched alkanes of at least 4 members (excludes halogenated alkanes) is 2. The summed E-state index contributed by atoms with van der Waals surface area (Å²) >= 11 is 0. The Hall–Kier alpha value is -7.58. The molecule has 8 heteroatoms. The summed E-state index contributed by atoms with van der Waals surface area (Å²) in [7, 11) is 0. The molecular formula is C51H41N5O3. The van der Waals surface area contributed by atoms with E-state index in [1.807, 2.05) is 66.7 Å². The molecule has 2 aliphatic heterocycles. The van der Waals surface area contributed by atoms with Crippen LogP contribution < -0.4 is 5.32 Å². The Balaban J connectivity index is 1.27. The summed E-state index contributed by atoms with van der Waals surface area (Å²) in [5, 5.41) is 11.9. The van der Waals surface area contributed by atoms with Crippen LogP contribution in [0.5, 0.6) is 0 Å². The molecule has 7 aromatic rings. The maximum atomic E-state index is 13.1. The molecule has 4 aromatic carbocycles. The van der Waals surface area contributed by atoms with Gasteiger partial charge in [0, 0.05) is 62.8 Å². The van der Waals surface area contributed by atoms with Gasteiger partial charge in [0.15, 0.2) is 0 Å². The maximum absolute atomic E-state index is 13.1. The van der Waals surface area contributed by atoms with Crippen molar-refractivity contribution in [3.05, 3.63) is 168 Å². The third-order valence-electron chi connectivity index (χ3n) is 10.7. The van der Waals surface area contributed by atoms with Crippen molar-refractivity contribution in [3.63, 3.8) is 0 Å². The van der Waals surface area contributed by atoms with E-state index in [1.54, 1.807) is 0 Å². The number of carbonyl (C=O) groups excluding carboxylic acids is 1. The number of aromatic amines is 2. The number of carboxylic acids is 1. The van der Waals surface area contributed by atoms with Gasteiger partial charge < -0.3 is 20.4 Å². The van der Waals surface area contributed by atoms with Crippen molar-refractivity contribution in [2.75, 3.05) is 6.54 Å². The van der Waals surface area contributed by atoms with Crippen LogP contribution in [-0.4, -0.2) is 43.5 Å². The van der Waals surface area contributed by atoms with Gasteiger partial charge in [-0.25, -0.2) is 9.97 Å². The van der Waals surface area contributed by atoms with Crippen molar-refractivity contribution in [3.8, 4) is 44.5 Å². The lowest BCUT2D eigenvalue weighted by Gasteiger charge is -2.08. The first kappa shape index (κ1) is 37.0. The molecule has 0 fully saturated rings. The van der Waals surface area contributed by atoms with Crippen molar-refractivity contribution in [1.29, 1.82) is 0 Å². The van der Waals surface area contributed by atoms with Crippen LogP contribution >= 0.6 is 0 Å². The van der Waals surface area contributed by atoms with E-state index in [0.717, 1.165) is 102 Å². The summed E-state index contributed by atoms with van der Waals surface area (Å²) in [6.45, 7) is 0.483. The fourth-order valence-electron chi connectivity index (χ4n) is 7.90. The molecule has 0 radical (unpaired) electrons. The number of carbonyl (C=O) groups is 2. The highest BCUT2D eigenvalue weighted by atomic mass is 16.4. The molecule has 0 aliphatic carbocycles. The van der Waals surface area contributed by atoms with E-state index in [2.05, 4.69) is 112 Å².